The number of aromatic nitrogens is 2. The number of nitrogens with zero attached hydrogens (tertiary/aromatic N) is 3. The van der Waals surface area contributed by atoms with Crippen molar-refractivity contribution >= 4 is 28.6 Å². The Hall–Kier alpha value is -2.25. The predicted molar refractivity (Wildman–Crippen MR) is 87.8 cm³/mol. The van der Waals surface area contributed by atoms with Crippen molar-refractivity contribution in [3.63, 3.8) is 0 Å². The first kappa shape index (κ1) is 15.3. The van der Waals surface area contributed by atoms with Gasteiger partial charge < -0.3 is 9.36 Å². The van der Waals surface area contributed by atoms with Gasteiger partial charge in [0.25, 0.3) is 5.89 Å². The summed E-state index contributed by atoms with van der Waals surface area (Å²) >= 11 is 7.39. The molecule has 2 aromatic heterocycles. The third-order valence-corrected chi connectivity index (χ3v) is 4.84. The Morgan fingerprint density at radius 2 is 2.04 bits per heavy atom. The van der Waals surface area contributed by atoms with Gasteiger partial charge in [-0.05, 0) is 29.8 Å². The second-order valence-electron chi connectivity index (χ2n) is 5.29. The molecule has 3 heterocycles. The lowest BCUT2D eigenvalue weighted by molar-refractivity contribution is 0.0599. The molecule has 0 fully saturated rings. The number of halogens is 2. The zero-order chi connectivity index (χ0) is 16.5. The number of rotatable bonds is 4. The Bertz CT molecular complexity index is 891. The van der Waals surface area contributed by atoms with Crippen LogP contribution in [0.1, 0.15) is 34.7 Å². The van der Waals surface area contributed by atoms with Gasteiger partial charge in [-0.15, -0.1) is 11.3 Å². The minimum atomic E-state index is -0.393. The molecule has 5 nitrogen and oxygen atoms in total. The third kappa shape index (κ3) is 3.18. The summed E-state index contributed by atoms with van der Waals surface area (Å²) in [6.07, 6.45) is 0.620. The number of oxime groups is 1. The Labute approximate surface area is 145 Å². The highest BCUT2D eigenvalue weighted by molar-refractivity contribution is 7.18. The maximum atomic E-state index is 12.9. The standard InChI is InChI=1S/C16H11ClFN3O2S/c17-14-6-5-13(24-14)11-8-12(22-20-11)16-19-15(21-23-16)7-9-1-3-10(18)4-2-9/h1-6,12H,7-8H2. The maximum absolute atomic E-state index is 12.9. The van der Waals surface area contributed by atoms with E-state index in [1.807, 2.05) is 12.1 Å². The Morgan fingerprint density at radius 1 is 1.21 bits per heavy atom. The number of thiophene rings is 1. The molecule has 1 atom stereocenters. The molecule has 0 bridgehead atoms. The molecule has 0 saturated carbocycles. The molecule has 0 spiro atoms. The molecule has 3 aromatic rings. The molecule has 1 aromatic carbocycles. The molecule has 24 heavy (non-hydrogen) atoms. The van der Waals surface area contributed by atoms with Crippen molar-refractivity contribution in [2.75, 3.05) is 0 Å². The fraction of sp³-hybridized carbons (Fsp3) is 0.188. The van der Waals surface area contributed by atoms with Crippen LogP contribution in [0.25, 0.3) is 0 Å². The van der Waals surface area contributed by atoms with E-state index in [1.54, 1.807) is 12.1 Å². The Morgan fingerprint density at radius 3 is 2.79 bits per heavy atom. The third-order valence-electron chi connectivity index (χ3n) is 3.56. The van der Waals surface area contributed by atoms with Gasteiger partial charge in [0.1, 0.15) is 11.5 Å². The molecule has 1 aliphatic heterocycles. The molecule has 1 unspecified atom stereocenters. The molecule has 0 radical (unpaired) electrons. The first-order valence-electron chi connectivity index (χ1n) is 7.23. The predicted octanol–water partition coefficient (Wildman–Crippen LogP) is 4.38. The minimum Gasteiger partial charge on any atom is -0.382 e. The topological polar surface area (TPSA) is 60.5 Å². The van der Waals surface area contributed by atoms with Crippen LogP contribution in [-0.2, 0) is 11.3 Å². The summed E-state index contributed by atoms with van der Waals surface area (Å²) in [7, 11) is 0. The van der Waals surface area contributed by atoms with Crippen LogP contribution in [0.5, 0.6) is 0 Å². The van der Waals surface area contributed by atoms with Gasteiger partial charge in [0.05, 0.1) is 9.21 Å². The van der Waals surface area contributed by atoms with Gasteiger partial charge in [-0.25, -0.2) is 4.39 Å². The van der Waals surface area contributed by atoms with Crippen LogP contribution in [0, 0.1) is 5.82 Å². The second-order valence-corrected chi connectivity index (χ2v) is 7.01. The first-order valence-corrected chi connectivity index (χ1v) is 8.42. The van der Waals surface area contributed by atoms with Crippen LogP contribution < -0.4 is 0 Å². The van der Waals surface area contributed by atoms with Gasteiger partial charge in [0.2, 0.25) is 6.10 Å². The zero-order valence-electron chi connectivity index (χ0n) is 12.3. The van der Waals surface area contributed by atoms with Crippen LogP contribution in [0.15, 0.2) is 46.1 Å². The molecular formula is C16H11ClFN3O2S. The highest BCUT2D eigenvalue weighted by Gasteiger charge is 2.29. The monoisotopic (exact) mass is 363 g/mol. The van der Waals surface area contributed by atoms with E-state index in [4.69, 9.17) is 21.0 Å². The Balaban J connectivity index is 1.43. The van der Waals surface area contributed by atoms with Crippen LogP contribution in [0.4, 0.5) is 4.39 Å². The van der Waals surface area contributed by atoms with E-state index in [1.165, 1.54) is 23.5 Å². The molecule has 0 saturated heterocycles. The first-order chi connectivity index (χ1) is 11.7. The van der Waals surface area contributed by atoms with Crippen molar-refractivity contribution in [2.45, 2.75) is 18.9 Å². The summed E-state index contributed by atoms with van der Waals surface area (Å²) < 4.78 is 18.9. The number of hydrogen-bond donors (Lipinski definition) is 0. The molecule has 4 rings (SSSR count). The van der Waals surface area contributed by atoms with Gasteiger partial charge in [0.15, 0.2) is 5.82 Å². The van der Waals surface area contributed by atoms with Crippen molar-refractivity contribution in [1.82, 2.24) is 10.1 Å². The van der Waals surface area contributed by atoms with Crippen molar-refractivity contribution in [1.29, 1.82) is 0 Å². The molecule has 8 heteroatoms. The summed E-state index contributed by atoms with van der Waals surface area (Å²) in [4.78, 5) is 10.7. The number of benzene rings is 1. The molecular weight excluding hydrogens is 353 g/mol. The zero-order valence-corrected chi connectivity index (χ0v) is 13.9. The van der Waals surface area contributed by atoms with E-state index >= 15 is 0 Å². The van der Waals surface area contributed by atoms with Crippen molar-refractivity contribution in [3.05, 3.63) is 68.7 Å². The smallest absolute Gasteiger partial charge is 0.270 e. The quantitative estimate of drug-likeness (QED) is 0.690. The Kier molecular flexibility index (Phi) is 4.03. The molecule has 0 aliphatic carbocycles. The molecule has 0 amide bonds. The molecule has 1 aliphatic rings. The lowest BCUT2D eigenvalue weighted by atomic mass is 10.1. The largest absolute Gasteiger partial charge is 0.382 e. The van der Waals surface area contributed by atoms with Crippen LogP contribution in [0.2, 0.25) is 4.34 Å². The lowest BCUT2D eigenvalue weighted by Crippen LogP contribution is -2.01. The van der Waals surface area contributed by atoms with Gasteiger partial charge in [-0.3, -0.25) is 0 Å². The minimum absolute atomic E-state index is 0.273. The van der Waals surface area contributed by atoms with Crippen LogP contribution in [0.3, 0.4) is 0 Å². The summed E-state index contributed by atoms with van der Waals surface area (Å²) in [6, 6.07) is 9.93. The van der Waals surface area contributed by atoms with Gasteiger partial charge >= 0.3 is 0 Å². The van der Waals surface area contributed by atoms with E-state index < -0.39 is 6.10 Å². The summed E-state index contributed by atoms with van der Waals surface area (Å²) in [5.74, 6) is 0.631. The van der Waals surface area contributed by atoms with Crippen LogP contribution in [-0.4, -0.2) is 15.9 Å². The van der Waals surface area contributed by atoms with E-state index in [-0.39, 0.29) is 5.82 Å². The lowest BCUT2D eigenvalue weighted by Gasteiger charge is -2.00. The van der Waals surface area contributed by atoms with E-state index in [2.05, 4.69) is 15.3 Å². The number of hydrogen-bond acceptors (Lipinski definition) is 6. The second kappa shape index (κ2) is 6.33. The average Bonchev–Trinajstić information content (AvgIpc) is 3.29. The summed E-state index contributed by atoms with van der Waals surface area (Å²) in [5.41, 5.74) is 1.72. The average molecular weight is 364 g/mol. The highest BCUT2D eigenvalue weighted by atomic mass is 35.5. The van der Waals surface area contributed by atoms with Gasteiger partial charge in [-0.1, -0.05) is 34.0 Å². The van der Waals surface area contributed by atoms with Crippen molar-refractivity contribution in [2.24, 2.45) is 5.16 Å². The van der Waals surface area contributed by atoms with Crippen LogP contribution >= 0.6 is 22.9 Å². The fourth-order valence-electron chi connectivity index (χ4n) is 2.38. The summed E-state index contributed by atoms with van der Waals surface area (Å²) in [6.45, 7) is 0. The van der Waals surface area contributed by atoms with E-state index in [0.29, 0.717) is 28.9 Å². The highest BCUT2D eigenvalue weighted by Crippen LogP contribution is 2.32. The normalized spacial score (nSPS) is 16.9. The van der Waals surface area contributed by atoms with E-state index in [9.17, 15) is 4.39 Å². The maximum Gasteiger partial charge on any atom is 0.270 e. The molecule has 122 valence electrons. The van der Waals surface area contributed by atoms with Crippen molar-refractivity contribution in [3.8, 4) is 0 Å². The SMILES string of the molecule is Fc1ccc(Cc2noc(C3CC(c4ccc(Cl)s4)=NO3)n2)cc1. The molecule has 0 N–H and O–H groups in total. The van der Waals surface area contributed by atoms with E-state index in [0.717, 1.165) is 16.2 Å². The van der Waals surface area contributed by atoms with Gasteiger partial charge in [-0.2, -0.15) is 4.98 Å². The van der Waals surface area contributed by atoms with Gasteiger partial charge in [0, 0.05) is 12.8 Å². The van der Waals surface area contributed by atoms with Crippen molar-refractivity contribution < 1.29 is 13.8 Å². The fourth-order valence-corrected chi connectivity index (χ4v) is 3.41. The summed E-state index contributed by atoms with van der Waals surface area (Å²) in [5, 5.41) is 8.03.